The maximum atomic E-state index is 3.89. The van der Waals surface area contributed by atoms with Crippen molar-refractivity contribution in [1.29, 1.82) is 0 Å². The fourth-order valence-electron chi connectivity index (χ4n) is 0.511. The molecule has 1 rings (SSSR count). The first kappa shape index (κ1) is 9.04. The molecule has 2 nitrogen and oxygen atoms in total. The van der Waals surface area contributed by atoms with Crippen LogP contribution in [0, 0.1) is 0 Å². The van der Waals surface area contributed by atoms with E-state index in [2.05, 4.69) is 28.4 Å². The lowest BCUT2D eigenvalue weighted by Gasteiger charge is -1.93. The van der Waals surface area contributed by atoms with Gasteiger partial charge in [0.25, 0.3) is 0 Å². The predicted octanol–water partition coefficient (Wildman–Crippen LogP) is 1.74. The number of thiocarbonyl (C=S) groups is 1. The molecule has 0 spiro atoms. The van der Waals surface area contributed by atoms with E-state index in [-0.39, 0.29) is 0 Å². The molecule has 0 atom stereocenters. The fourth-order valence-corrected chi connectivity index (χ4v) is 0.511. The Labute approximate surface area is 66.3 Å². The Bertz CT molecular complexity index is 165. The van der Waals surface area contributed by atoms with E-state index in [1.54, 1.807) is 12.4 Å². The molecule has 1 heterocycles. The van der Waals surface area contributed by atoms with Gasteiger partial charge in [-0.25, -0.2) is 0 Å². The number of hydrogen-bond donors (Lipinski definition) is 1. The molecule has 1 N–H and O–H groups in total. The second-order valence-corrected chi connectivity index (χ2v) is 1.49. The summed E-state index contributed by atoms with van der Waals surface area (Å²) in [5.74, 6) is 2.83. The molecule has 0 fully saturated rings. The summed E-state index contributed by atoms with van der Waals surface area (Å²) in [7, 11) is 1.87. The minimum atomic E-state index is 1.05. The molecular formula is C7H10N2S. The van der Waals surface area contributed by atoms with Crippen LogP contribution in [0.15, 0.2) is 24.5 Å². The first-order chi connectivity index (χ1) is 4.93. The minimum Gasteiger partial charge on any atom is -0.387 e. The van der Waals surface area contributed by atoms with Gasteiger partial charge in [0, 0.05) is 19.4 Å². The van der Waals surface area contributed by atoms with Crippen molar-refractivity contribution in [1.82, 2.24) is 4.98 Å². The number of nitrogens with one attached hydrogen (secondary N) is 1. The van der Waals surface area contributed by atoms with E-state index in [4.69, 9.17) is 0 Å². The van der Waals surface area contributed by atoms with Gasteiger partial charge in [0.1, 0.15) is 0 Å². The molecule has 0 unspecified atom stereocenters. The van der Waals surface area contributed by atoms with Crippen LogP contribution in [0.2, 0.25) is 0 Å². The summed E-state index contributed by atoms with van der Waals surface area (Å²) in [5.41, 5.74) is 1.05. The second kappa shape index (κ2) is 6.16. The first-order valence-electron chi connectivity index (χ1n) is 2.80. The van der Waals surface area contributed by atoms with Crippen molar-refractivity contribution in [3.63, 3.8) is 0 Å². The topological polar surface area (TPSA) is 24.9 Å². The van der Waals surface area contributed by atoms with Gasteiger partial charge in [-0.2, -0.15) is 0 Å². The molecule has 0 radical (unpaired) electrons. The number of hydrogen-bond acceptors (Lipinski definition) is 3. The molecule has 0 aliphatic carbocycles. The average molecular weight is 154 g/mol. The number of aromatic nitrogens is 1. The number of anilines is 1. The van der Waals surface area contributed by atoms with Crippen LogP contribution in [0.5, 0.6) is 0 Å². The second-order valence-electron chi connectivity index (χ2n) is 1.49. The van der Waals surface area contributed by atoms with Gasteiger partial charge in [0.15, 0.2) is 0 Å². The van der Waals surface area contributed by atoms with Gasteiger partial charge in [-0.15, -0.1) is 0 Å². The van der Waals surface area contributed by atoms with Crippen LogP contribution in [-0.2, 0) is 0 Å². The number of pyridine rings is 1. The molecular weight excluding hydrogens is 144 g/mol. The van der Waals surface area contributed by atoms with E-state index in [1.165, 1.54) is 0 Å². The van der Waals surface area contributed by atoms with Crippen LogP contribution in [0.25, 0.3) is 0 Å². The summed E-state index contributed by atoms with van der Waals surface area (Å²) >= 11 is 3.83. The van der Waals surface area contributed by atoms with Gasteiger partial charge in [0.05, 0.1) is 5.69 Å². The Morgan fingerprint density at radius 2 is 2.30 bits per heavy atom. The number of nitrogens with zero attached hydrogens (tertiary/aromatic N) is 1. The van der Waals surface area contributed by atoms with E-state index in [0.29, 0.717) is 0 Å². The molecule has 10 heavy (non-hydrogen) atoms. The number of rotatable bonds is 1. The maximum absolute atomic E-state index is 3.89. The lowest BCUT2D eigenvalue weighted by Crippen LogP contribution is -1.86. The van der Waals surface area contributed by atoms with Gasteiger partial charge < -0.3 is 5.32 Å². The quantitative estimate of drug-likeness (QED) is 0.624. The fraction of sp³-hybridized carbons (Fsp3) is 0.143. The normalized spacial score (nSPS) is 7.30. The predicted molar refractivity (Wildman–Crippen MR) is 48.5 cm³/mol. The van der Waals surface area contributed by atoms with Gasteiger partial charge >= 0.3 is 0 Å². The lowest BCUT2D eigenvalue weighted by molar-refractivity contribution is 1.31. The van der Waals surface area contributed by atoms with Gasteiger partial charge in [0.2, 0.25) is 0 Å². The van der Waals surface area contributed by atoms with Crippen molar-refractivity contribution in [3.05, 3.63) is 24.5 Å². The molecule has 1 aromatic heterocycles. The zero-order valence-electron chi connectivity index (χ0n) is 5.87. The largest absolute Gasteiger partial charge is 0.387 e. The highest BCUT2D eigenvalue weighted by Gasteiger charge is 1.79. The van der Waals surface area contributed by atoms with Crippen LogP contribution in [-0.4, -0.2) is 17.9 Å². The third-order valence-corrected chi connectivity index (χ3v) is 0.950. The SMILES string of the molecule is C=S.CNc1cccnc1. The maximum Gasteiger partial charge on any atom is 0.0524 e. The van der Waals surface area contributed by atoms with Gasteiger partial charge in [-0.1, -0.05) is 12.2 Å². The van der Waals surface area contributed by atoms with Crippen LogP contribution >= 0.6 is 12.2 Å². The van der Waals surface area contributed by atoms with Crippen LogP contribution in [0.4, 0.5) is 5.69 Å². The molecule has 0 bridgehead atoms. The average Bonchev–Trinajstić information content (AvgIpc) is 2.10. The van der Waals surface area contributed by atoms with E-state index in [0.717, 1.165) is 5.69 Å². The van der Waals surface area contributed by atoms with Crippen molar-refractivity contribution in [3.8, 4) is 0 Å². The van der Waals surface area contributed by atoms with Crippen LogP contribution in [0.3, 0.4) is 0 Å². The Balaban J connectivity index is 0.000000371. The Morgan fingerprint density at radius 3 is 2.60 bits per heavy atom. The molecule has 0 saturated carbocycles. The standard InChI is InChI=1S/C6H8N2.CH2S/c1-7-6-3-2-4-8-5-6;1-2/h2-5,7H,1H3;1H2. The first-order valence-corrected chi connectivity index (χ1v) is 3.38. The van der Waals surface area contributed by atoms with Crippen molar-refractivity contribution in [2.45, 2.75) is 0 Å². The van der Waals surface area contributed by atoms with Crippen molar-refractivity contribution in [2.24, 2.45) is 0 Å². The van der Waals surface area contributed by atoms with Crippen LogP contribution < -0.4 is 5.32 Å². The van der Waals surface area contributed by atoms with Gasteiger partial charge in [-0.3, -0.25) is 4.98 Å². The third-order valence-electron chi connectivity index (χ3n) is 0.950. The Morgan fingerprint density at radius 1 is 1.60 bits per heavy atom. The molecule has 3 heteroatoms. The molecule has 1 aromatic rings. The summed E-state index contributed by atoms with van der Waals surface area (Å²) in [6, 6.07) is 3.86. The lowest BCUT2D eigenvalue weighted by atomic mass is 10.4. The van der Waals surface area contributed by atoms with E-state index in [9.17, 15) is 0 Å². The Kier molecular flexibility index (Phi) is 5.57. The monoisotopic (exact) mass is 154 g/mol. The molecule has 54 valence electrons. The zero-order valence-corrected chi connectivity index (χ0v) is 6.69. The van der Waals surface area contributed by atoms with Crippen molar-refractivity contribution >= 4 is 23.8 Å². The highest BCUT2D eigenvalue weighted by atomic mass is 32.1. The van der Waals surface area contributed by atoms with Crippen molar-refractivity contribution < 1.29 is 0 Å². The molecule has 0 aromatic carbocycles. The molecule has 0 aliphatic heterocycles. The highest BCUT2D eigenvalue weighted by Crippen LogP contribution is 1.98. The molecule has 0 saturated heterocycles. The van der Waals surface area contributed by atoms with E-state index < -0.39 is 0 Å². The smallest absolute Gasteiger partial charge is 0.0524 e. The van der Waals surface area contributed by atoms with Crippen molar-refractivity contribution in [2.75, 3.05) is 12.4 Å². The summed E-state index contributed by atoms with van der Waals surface area (Å²) in [6.07, 6.45) is 3.53. The summed E-state index contributed by atoms with van der Waals surface area (Å²) < 4.78 is 0. The third kappa shape index (κ3) is 3.14. The minimum absolute atomic E-state index is 1.05. The van der Waals surface area contributed by atoms with Crippen LogP contribution in [0.1, 0.15) is 0 Å². The summed E-state index contributed by atoms with van der Waals surface area (Å²) in [4.78, 5) is 3.89. The summed E-state index contributed by atoms with van der Waals surface area (Å²) in [5, 5.41) is 2.96. The van der Waals surface area contributed by atoms with E-state index in [1.807, 2.05) is 19.2 Å². The van der Waals surface area contributed by atoms with Gasteiger partial charge in [-0.05, 0) is 18.0 Å². The zero-order chi connectivity index (χ0) is 7.82. The highest BCUT2D eigenvalue weighted by molar-refractivity contribution is 7.77. The molecule has 0 amide bonds. The Hall–Kier alpha value is -0.960. The van der Waals surface area contributed by atoms with E-state index >= 15 is 0 Å². The molecule has 0 aliphatic rings. The summed E-state index contributed by atoms with van der Waals surface area (Å²) in [6.45, 7) is 0.